The lowest BCUT2D eigenvalue weighted by Crippen LogP contribution is -2.48. The second kappa shape index (κ2) is 8.92. The standard InChI is InChI=1S/C24H30N4O6/c1-24(2)22(15-5-6-17(33-3)18(13-15)34-4)25-28(23(24)32)16-9-11-26(12-10-16)21(31)14-27-19(29)7-8-20(27)30/h5-8,13,16,29-30H,9-12,14H2,1-4H3. The number of likely N-dealkylation sites (tertiary alicyclic amines) is 1. The Kier molecular flexibility index (Phi) is 6.16. The van der Waals surface area contributed by atoms with Gasteiger partial charge in [0.2, 0.25) is 5.91 Å². The average molecular weight is 471 g/mol. The summed E-state index contributed by atoms with van der Waals surface area (Å²) in [6.07, 6.45) is 1.17. The van der Waals surface area contributed by atoms with Crippen LogP contribution in [0.3, 0.4) is 0 Å². The highest BCUT2D eigenvalue weighted by molar-refractivity contribution is 6.19. The summed E-state index contributed by atoms with van der Waals surface area (Å²) in [6.45, 7) is 4.49. The van der Waals surface area contributed by atoms with Gasteiger partial charge in [0.1, 0.15) is 6.54 Å². The molecule has 0 aliphatic carbocycles. The number of amides is 2. The van der Waals surface area contributed by atoms with E-state index < -0.39 is 5.41 Å². The molecule has 0 bridgehead atoms. The predicted octanol–water partition coefficient (Wildman–Crippen LogP) is 2.18. The van der Waals surface area contributed by atoms with Crippen molar-refractivity contribution in [3.05, 3.63) is 35.9 Å². The van der Waals surface area contributed by atoms with Crippen molar-refractivity contribution in [2.24, 2.45) is 10.5 Å². The molecule has 1 saturated heterocycles. The van der Waals surface area contributed by atoms with Crippen LogP contribution < -0.4 is 9.47 Å². The highest BCUT2D eigenvalue weighted by atomic mass is 16.5. The monoisotopic (exact) mass is 470 g/mol. The summed E-state index contributed by atoms with van der Waals surface area (Å²) in [6, 6.07) is 8.04. The molecule has 2 aliphatic heterocycles. The van der Waals surface area contributed by atoms with E-state index in [0.717, 1.165) is 10.1 Å². The van der Waals surface area contributed by atoms with Gasteiger partial charge in [0, 0.05) is 30.8 Å². The number of carbonyl (C=O) groups excluding carboxylic acids is 2. The first-order valence-electron chi connectivity index (χ1n) is 11.2. The summed E-state index contributed by atoms with van der Waals surface area (Å²) >= 11 is 0. The minimum absolute atomic E-state index is 0.0794. The summed E-state index contributed by atoms with van der Waals surface area (Å²) in [5, 5.41) is 25.9. The fourth-order valence-electron chi connectivity index (χ4n) is 4.52. The number of hydrogen-bond donors (Lipinski definition) is 2. The maximum absolute atomic E-state index is 13.3. The molecule has 182 valence electrons. The first-order valence-corrected chi connectivity index (χ1v) is 11.2. The number of aromatic hydroxyl groups is 2. The number of nitrogens with zero attached hydrogens (tertiary/aromatic N) is 4. The zero-order valence-corrected chi connectivity index (χ0v) is 19.8. The van der Waals surface area contributed by atoms with Crippen LogP contribution in [0.15, 0.2) is 35.4 Å². The van der Waals surface area contributed by atoms with Gasteiger partial charge in [0.05, 0.1) is 31.4 Å². The Morgan fingerprint density at radius 1 is 1.06 bits per heavy atom. The summed E-state index contributed by atoms with van der Waals surface area (Å²) < 4.78 is 11.9. The van der Waals surface area contributed by atoms with E-state index in [1.165, 1.54) is 12.1 Å². The Morgan fingerprint density at radius 2 is 1.68 bits per heavy atom. The summed E-state index contributed by atoms with van der Waals surface area (Å²) in [4.78, 5) is 27.7. The van der Waals surface area contributed by atoms with Crippen molar-refractivity contribution in [3.63, 3.8) is 0 Å². The molecule has 0 saturated carbocycles. The van der Waals surface area contributed by atoms with Crippen molar-refractivity contribution < 1.29 is 29.3 Å². The Bertz CT molecular complexity index is 1110. The Morgan fingerprint density at radius 3 is 2.26 bits per heavy atom. The minimum atomic E-state index is -0.809. The fourth-order valence-corrected chi connectivity index (χ4v) is 4.52. The van der Waals surface area contributed by atoms with E-state index in [4.69, 9.17) is 14.6 Å². The van der Waals surface area contributed by atoms with Gasteiger partial charge in [-0.15, -0.1) is 0 Å². The largest absolute Gasteiger partial charge is 0.494 e. The second-order valence-corrected chi connectivity index (χ2v) is 9.04. The van der Waals surface area contributed by atoms with Crippen molar-refractivity contribution in [3.8, 4) is 23.3 Å². The Labute approximate surface area is 198 Å². The lowest BCUT2D eigenvalue weighted by molar-refractivity contribution is -0.139. The van der Waals surface area contributed by atoms with Gasteiger partial charge < -0.3 is 24.6 Å². The minimum Gasteiger partial charge on any atom is -0.494 e. The van der Waals surface area contributed by atoms with Crippen LogP contribution in [0.2, 0.25) is 0 Å². The maximum Gasteiger partial charge on any atom is 0.254 e. The third kappa shape index (κ3) is 4.04. The zero-order chi connectivity index (χ0) is 24.6. The van der Waals surface area contributed by atoms with E-state index in [2.05, 4.69) is 0 Å². The van der Waals surface area contributed by atoms with Gasteiger partial charge in [0.25, 0.3) is 5.91 Å². The molecule has 2 N–H and O–H groups in total. The second-order valence-electron chi connectivity index (χ2n) is 9.04. The van der Waals surface area contributed by atoms with Crippen LogP contribution >= 0.6 is 0 Å². The topological polar surface area (TPSA) is 117 Å². The molecule has 1 fully saturated rings. The van der Waals surface area contributed by atoms with Crippen molar-refractivity contribution in [1.29, 1.82) is 0 Å². The van der Waals surface area contributed by atoms with Gasteiger partial charge >= 0.3 is 0 Å². The maximum atomic E-state index is 13.3. The van der Waals surface area contributed by atoms with E-state index in [9.17, 15) is 19.8 Å². The molecule has 4 rings (SSSR count). The molecule has 34 heavy (non-hydrogen) atoms. The van der Waals surface area contributed by atoms with Gasteiger partial charge in [-0.2, -0.15) is 5.10 Å². The molecule has 0 radical (unpaired) electrons. The number of hydrogen-bond acceptors (Lipinski definition) is 7. The molecular formula is C24H30N4O6. The number of ether oxygens (including phenoxy) is 2. The number of aromatic nitrogens is 1. The van der Waals surface area contributed by atoms with Crippen molar-refractivity contribution in [1.82, 2.24) is 14.5 Å². The van der Waals surface area contributed by atoms with Crippen LogP contribution in [-0.2, 0) is 16.1 Å². The van der Waals surface area contributed by atoms with Gasteiger partial charge in [-0.25, -0.2) is 5.01 Å². The fraction of sp³-hybridized carbons (Fsp3) is 0.458. The van der Waals surface area contributed by atoms with E-state index in [1.807, 2.05) is 26.0 Å². The molecule has 3 heterocycles. The third-order valence-electron chi connectivity index (χ3n) is 6.59. The van der Waals surface area contributed by atoms with E-state index >= 15 is 0 Å². The molecule has 0 spiro atoms. The molecular weight excluding hydrogens is 440 g/mol. The molecule has 1 aromatic heterocycles. The highest BCUT2D eigenvalue weighted by Gasteiger charge is 2.47. The van der Waals surface area contributed by atoms with E-state index in [1.54, 1.807) is 30.2 Å². The molecule has 0 unspecified atom stereocenters. The molecule has 0 atom stereocenters. The third-order valence-corrected chi connectivity index (χ3v) is 6.59. The summed E-state index contributed by atoms with van der Waals surface area (Å²) in [5.41, 5.74) is 0.642. The van der Waals surface area contributed by atoms with Crippen LogP contribution in [0.4, 0.5) is 0 Å². The average Bonchev–Trinajstić information content (AvgIpc) is 3.28. The summed E-state index contributed by atoms with van der Waals surface area (Å²) in [5.74, 6) is 0.554. The predicted molar refractivity (Wildman–Crippen MR) is 124 cm³/mol. The Hall–Kier alpha value is -3.69. The number of benzene rings is 1. The van der Waals surface area contributed by atoms with Gasteiger partial charge in [0.15, 0.2) is 23.3 Å². The number of hydrazone groups is 1. The summed E-state index contributed by atoms with van der Waals surface area (Å²) in [7, 11) is 3.13. The quantitative estimate of drug-likeness (QED) is 0.668. The number of piperidine rings is 1. The highest BCUT2D eigenvalue weighted by Crippen LogP contribution is 2.37. The number of rotatable bonds is 6. The lowest BCUT2D eigenvalue weighted by atomic mass is 9.83. The van der Waals surface area contributed by atoms with Crippen LogP contribution in [0.25, 0.3) is 0 Å². The van der Waals surface area contributed by atoms with E-state index in [-0.39, 0.29) is 36.2 Å². The molecule has 10 heteroatoms. The smallest absolute Gasteiger partial charge is 0.254 e. The van der Waals surface area contributed by atoms with Gasteiger partial charge in [-0.1, -0.05) is 0 Å². The molecule has 2 aromatic rings. The van der Waals surface area contributed by atoms with Crippen molar-refractivity contribution >= 4 is 17.5 Å². The van der Waals surface area contributed by atoms with E-state index in [0.29, 0.717) is 43.1 Å². The SMILES string of the molecule is COc1ccc(C2=NN(C3CCN(C(=O)Cn4c(O)ccc4O)CC3)C(=O)C2(C)C)cc1OC. The zero-order valence-electron chi connectivity index (χ0n) is 19.8. The Balaban J connectivity index is 1.47. The van der Waals surface area contributed by atoms with Crippen LogP contribution in [0, 0.1) is 5.41 Å². The van der Waals surface area contributed by atoms with Gasteiger partial charge in [-0.05, 0) is 44.9 Å². The van der Waals surface area contributed by atoms with Gasteiger partial charge in [-0.3, -0.25) is 14.2 Å². The first-order chi connectivity index (χ1) is 16.2. The van der Waals surface area contributed by atoms with Crippen molar-refractivity contribution in [2.75, 3.05) is 27.3 Å². The normalized spacial score (nSPS) is 18.2. The van der Waals surface area contributed by atoms with Crippen molar-refractivity contribution in [2.45, 2.75) is 39.3 Å². The van der Waals surface area contributed by atoms with Crippen LogP contribution in [0.5, 0.6) is 23.3 Å². The molecule has 2 aliphatic rings. The molecule has 2 amide bonds. The van der Waals surface area contributed by atoms with Crippen LogP contribution in [0.1, 0.15) is 32.3 Å². The first kappa shape index (κ1) is 23.5. The number of methoxy groups -OCH3 is 2. The molecule has 10 nitrogen and oxygen atoms in total. The number of carbonyl (C=O) groups is 2. The lowest BCUT2D eigenvalue weighted by Gasteiger charge is -2.35. The van der Waals surface area contributed by atoms with Crippen LogP contribution in [-0.4, -0.2) is 75.6 Å². The molecule has 1 aromatic carbocycles.